The van der Waals surface area contributed by atoms with Crippen LogP contribution < -0.4 is 11.5 Å². The van der Waals surface area contributed by atoms with Crippen LogP contribution in [0.25, 0.3) is 11.1 Å². The Balaban J connectivity index is 2.52. The molecular weight excluding hydrogens is 204 g/mol. The molecule has 2 rings (SSSR count). The van der Waals surface area contributed by atoms with Gasteiger partial charge in [0.05, 0.1) is 5.56 Å². The number of anilines is 1. The molecule has 0 aliphatic carbocycles. The molecule has 0 aliphatic heterocycles. The molecule has 0 bridgehead atoms. The average Bonchev–Trinajstić information content (AvgIpc) is 2.30. The fraction of sp³-hybridized carbons (Fsp3) is 0. The van der Waals surface area contributed by atoms with Crippen LogP contribution in [0.2, 0.25) is 0 Å². The maximum absolute atomic E-state index is 11.1. The van der Waals surface area contributed by atoms with E-state index in [-0.39, 0.29) is 11.4 Å². The lowest BCUT2D eigenvalue weighted by Crippen LogP contribution is -2.14. The zero-order valence-corrected chi connectivity index (χ0v) is 8.42. The Morgan fingerprint density at radius 2 is 2.06 bits per heavy atom. The molecule has 0 saturated heterocycles. The first-order valence-corrected chi connectivity index (χ1v) is 4.64. The highest BCUT2D eigenvalue weighted by atomic mass is 16.1. The van der Waals surface area contributed by atoms with Gasteiger partial charge in [-0.25, -0.2) is 4.98 Å². The number of aromatic nitrogens is 2. The van der Waals surface area contributed by atoms with Gasteiger partial charge in [0.1, 0.15) is 5.82 Å². The maximum Gasteiger partial charge on any atom is 0.252 e. The van der Waals surface area contributed by atoms with Crippen molar-refractivity contribution in [3.63, 3.8) is 0 Å². The SMILES string of the molecule is NC(=O)c1cc(-c2cccnc2)cnc1N. The van der Waals surface area contributed by atoms with Gasteiger partial charge in [0.25, 0.3) is 5.91 Å². The van der Waals surface area contributed by atoms with Crippen LogP contribution in [0.3, 0.4) is 0 Å². The van der Waals surface area contributed by atoms with E-state index >= 15 is 0 Å². The molecule has 80 valence electrons. The van der Waals surface area contributed by atoms with Crippen molar-refractivity contribution < 1.29 is 4.79 Å². The van der Waals surface area contributed by atoms with Gasteiger partial charge in [-0.15, -0.1) is 0 Å². The van der Waals surface area contributed by atoms with Gasteiger partial charge in [-0.3, -0.25) is 9.78 Å². The van der Waals surface area contributed by atoms with Crippen molar-refractivity contribution in [2.45, 2.75) is 0 Å². The van der Waals surface area contributed by atoms with Crippen molar-refractivity contribution in [1.29, 1.82) is 0 Å². The minimum absolute atomic E-state index is 0.139. The van der Waals surface area contributed by atoms with Crippen molar-refractivity contribution in [1.82, 2.24) is 9.97 Å². The van der Waals surface area contributed by atoms with Gasteiger partial charge in [-0.1, -0.05) is 6.07 Å². The zero-order chi connectivity index (χ0) is 11.5. The molecule has 4 N–H and O–H groups in total. The molecule has 2 aromatic heterocycles. The van der Waals surface area contributed by atoms with Crippen molar-refractivity contribution in [2.75, 3.05) is 5.73 Å². The Kier molecular flexibility index (Phi) is 2.51. The number of hydrogen-bond acceptors (Lipinski definition) is 4. The Labute approximate surface area is 92.1 Å². The van der Waals surface area contributed by atoms with E-state index in [0.717, 1.165) is 11.1 Å². The van der Waals surface area contributed by atoms with Gasteiger partial charge < -0.3 is 11.5 Å². The second-order valence-electron chi connectivity index (χ2n) is 3.26. The highest BCUT2D eigenvalue weighted by Gasteiger charge is 2.08. The quantitative estimate of drug-likeness (QED) is 0.773. The van der Waals surface area contributed by atoms with Crippen LogP contribution in [0.5, 0.6) is 0 Å². The van der Waals surface area contributed by atoms with Gasteiger partial charge in [-0.2, -0.15) is 0 Å². The third-order valence-electron chi connectivity index (χ3n) is 2.18. The van der Waals surface area contributed by atoms with Gasteiger partial charge >= 0.3 is 0 Å². The molecule has 16 heavy (non-hydrogen) atoms. The Bertz CT molecular complexity index is 525. The minimum atomic E-state index is -0.587. The van der Waals surface area contributed by atoms with Crippen molar-refractivity contribution in [2.24, 2.45) is 5.73 Å². The van der Waals surface area contributed by atoms with E-state index in [1.165, 1.54) is 0 Å². The first-order valence-electron chi connectivity index (χ1n) is 4.64. The van der Waals surface area contributed by atoms with E-state index in [2.05, 4.69) is 9.97 Å². The molecule has 0 radical (unpaired) electrons. The number of primary amides is 1. The smallest absolute Gasteiger partial charge is 0.252 e. The summed E-state index contributed by atoms with van der Waals surface area (Å²) < 4.78 is 0. The van der Waals surface area contributed by atoms with Crippen LogP contribution >= 0.6 is 0 Å². The molecule has 0 aromatic carbocycles. The molecule has 0 saturated carbocycles. The number of nitrogens with two attached hydrogens (primary N) is 2. The van der Waals surface area contributed by atoms with E-state index in [9.17, 15) is 4.79 Å². The van der Waals surface area contributed by atoms with Crippen molar-refractivity contribution >= 4 is 11.7 Å². The number of amides is 1. The molecule has 0 aliphatic rings. The molecule has 0 spiro atoms. The number of pyridine rings is 2. The second-order valence-corrected chi connectivity index (χ2v) is 3.26. The lowest BCUT2D eigenvalue weighted by Gasteiger charge is -2.04. The molecular formula is C11H10N4O. The molecule has 0 atom stereocenters. The van der Waals surface area contributed by atoms with Crippen LogP contribution in [-0.4, -0.2) is 15.9 Å². The highest BCUT2D eigenvalue weighted by Crippen LogP contribution is 2.20. The third-order valence-corrected chi connectivity index (χ3v) is 2.18. The molecule has 0 unspecified atom stereocenters. The Morgan fingerprint density at radius 1 is 1.25 bits per heavy atom. The Morgan fingerprint density at radius 3 is 2.69 bits per heavy atom. The van der Waals surface area contributed by atoms with E-state index in [1.807, 2.05) is 6.07 Å². The van der Waals surface area contributed by atoms with Gasteiger partial charge in [0.15, 0.2) is 0 Å². The van der Waals surface area contributed by atoms with E-state index in [1.54, 1.807) is 30.7 Å². The fourth-order valence-electron chi connectivity index (χ4n) is 1.36. The maximum atomic E-state index is 11.1. The monoisotopic (exact) mass is 214 g/mol. The predicted molar refractivity (Wildman–Crippen MR) is 60.4 cm³/mol. The zero-order valence-electron chi connectivity index (χ0n) is 8.42. The third kappa shape index (κ3) is 1.83. The van der Waals surface area contributed by atoms with Crippen LogP contribution in [0.4, 0.5) is 5.82 Å². The van der Waals surface area contributed by atoms with Crippen molar-refractivity contribution in [3.05, 3.63) is 42.4 Å². The lowest BCUT2D eigenvalue weighted by molar-refractivity contribution is 0.100. The molecule has 5 nitrogen and oxygen atoms in total. The average molecular weight is 214 g/mol. The van der Waals surface area contributed by atoms with Gasteiger partial charge in [0, 0.05) is 29.7 Å². The number of nitrogen functional groups attached to an aromatic ring is 1. The largest absolute Gasteiger partial charge is 0.383 e. The first kappa shape index (κ1) is 10.1. The molecule has 5 heteroatoms. The predicted octanol–water partition coefficient (Wildman–Crippen LogP) is 0.825. The minimum Gasteiger partial charge on any atom is -0.383 e. The van der Waals surface area contributed by atoms with Crippen LogP contribution in [-0.2, 0) is 0 Å². The van der Waals surface area contributed by atoms with Crippen LogP contribution in [0, 0.1) is 0 Å². The molecule has 1 amide bonds. The number of carbonyl (C=O) groups excluding carboxylic acids is 1. The summed E-state index contributed by atoms with van der Waals surface area (Å²) in [6.07, 6.45) is 4.93. The number of rotatable bonds is 2. The van der Waals surface area contributed by atoms with Gasteiger partial charge in [0.2, 0.25) is 0 Å². The van der Waals surface area contributed by atoms with E-state index < -0.39 is 5.91 Å². The summed E-state index contributed by atoms with van der Waals surface area (Å²) in [6, 6.07) is 5.28. The lowest BCUT2D eigenvalue weighted by atomic mass is 10.1. The fourth-order valence-corrected chi connectivity index (χ4v) is 1.36. The van der Waals surface area contributed by atoms with Crippen LogP contribution in [0.15, 0.2) is 36.8 Å². The number of nitrogens with zero attached hydrogens (tertiary/aromatic N) is 2. The summed E-state index contributed by atoms with van der Waals surface area (Å²) in [7, 11) is 0. The number of hydrogen-bond donors (Lipinski definition) is 2. The van der Waals surface area contributed by atoms with E-state index in [0.29, 0.717) is 0 Å². The molecule has 2 heterocycles. The summed E-state index contributed by atoms with van der Waals surface area (Å²) in [5.41, 5.74) is 12.6. The topological polar surface area (TPSA) is 94.9 Å². The summed E-state index contributed by atoms with van der Waals surface area (Å²) in [5, 5.41) is 0. The highest BCUT2D eigenvalue weighted by molar-refractivity contribution is 5.98. The van der Waals surface area contributed by atoms with Crippen LogP contribution in [0.1, 0.15) is 10.4 Å². The Hall–Kier alpha value is -2.43. The normalized spacial score (nSPS) is 10.0. The summed E-state index contributed by atoms with van der Waals surface area (Å²) in [4.78, 5) is 19.0. The van der Waals surface area contributed by atoms with Crippen molar-refractivity contribution in [3.8, 4) is 11.1 Å². The van der Waals surface area contributed by atoms with Gasteiger partial charge in [-0.05, 0) is 12.1 Å². The summed E-state index contributed by atoms with van der Waals surface area (Å²) in [6.45, 7) is 0. The first-order chi connectivity index (χ1) is 7.68. The number of carbonyl (C=O) groups is 1. The molecule has 2 aromatic rings. The summed E-state index contributed by atoms with van der Waals surface area (Å²) >= 11 is 0. The second kappa shape index (κ2) is 3.98. The molecule has 0 fully saturated rings. The summed E-state index contributed by atoms with van der Waals surface area (Å²) in [5.74, 6) is -0.448. The van der Waals surface area contributed by atoms with E-state index in [4.69, 9.17) is 11.5 Å². The standard InChI is InChI=1S/C11H10N4O/c12-10-9(11(13)16)4-8(6-15-10)7-2-1-3-14-5-7/h1-6H,(H2,12,15)(H2,13,16).